The molecule has 0 aliphatic rings. The molecule has 102 valence electrons. The number of rotatable bonds is 2. The Kier molecular flexibility index (Phi) is 3.14. The minimum Gasteiger partial charge on any atom is -0.199 e. The third-order valence-electron chi connectivity index (χ3n) is 3.04. The van der Waals surface area contributed by atoms with Gasteiger partial charge in [-0.1, -0.05) is 33.6 Å². The fourth-order valence-electron chi connectivity index (χ4n) is 1.98. The molecular weight excluding hydrogens is 340 g/mol. The van der Waals surface area contributed by atoms with E-state index in [4.69, 9.17) is 0 Å². The van der Waals surface area contributed by atoms with Crippen LogP contribution < -0.4 is 0 Å². The van der Waals surface area contributed by atoms with Crippen LogP contribution in [0.1, 0.15) is 5.56 Å². The molecule has 0 aliphatic heterocycles. The van der Waals surface area contributed by atoms with E-state index in [0.29, 0.717) is 5.52 Å². The molecule has 0 atom stereocenters. The van der Waals surface area contributed by atoms with Crippen molar-refractivity contribution in [3.63, 3.8) is 0 Å². The van der Waals surface area contributed by atoms with Crippen LogP contribution >= 0.6 is 15.9 Å². The van der Waals surface area contributed by atoms with Crippen LogP contribution in [0.15, 0.2) is 58.0 Å². The summed E-state index contributed by atoms with van der Waals surface area (Å²) in [6, 6.07) is 12.1. The highest BCUT2D eigenvalue weighted by Gasteiger charge is 2.20. The molecule has 0 fully saturated rings. The van der Waals surface area contributed by atoms with Crippen molar-refractivity contribution >= 4 is 36.9 Å². The van der Waals surface area contributed by atoms with Gasteiger partial charge < -0.3 is 0 Å². The fraction of sp³-hybridized carbons (Fsp3) is 0.0714. The van der Waals surface area contributed by atoms with E-state index in [9.17, 15) is 8.42 Å². The topological polar surface area (TPSA) is 52.0 Å². The van der Waals surface area contributed by atoms with Gasteiger partial charge in [0.25, 0.3) is 10.0 Å². The lowest BCUT2D eigenvalue weighted by atomic mass is 10.2. The average molecular weight is 351 g/mol. The summed E-state index contributed by atoms with van der Waals surface area (Å²) in [5.41, 5.74) is 1.58. The first kappa shape index (κ1) is 13.3. The lowest BCUT2D eigenvalue weighted by molar-refractivity contribution is 0.582. The standard InChI is InChI=1S/C14H11BrN2O2S/c1-10-2-5-13(6-3-10)20(18,19)17-14-7-4-12(15)8-11(14)9-16-17/h2-9H,1H3. The van der Waals surface area contributed by atoms with E-state index in [0.717, 1.165) is 19.5 Å². The monoisotopic (exact) mass is 350 g/mol. The second kappa shape index (κ2) is 4.71. The van der Waals surface area contributed by atoms with Gasteiger partial charge in [0.2, 0.25) is 0 Å². The molecule has 0 spiro atoms. The number of aromatic nitrogens is 2. The molecule has 2 aromatic carbocycles. The Hall–Kier alpha value is -1.66. The number of halogens is 1. The van der Waals surface area contributed by atoms with E-state index in [2.05, 4.69) is 21.0 Å². The molecule has 4 nitrogen and oxygen atoms in total. The van der Waals surface area contributed by atoms with Gasteiger partial charge in [0.15, 0.2) is 0 Å². The van der Waals surface area contributed by atoms with Crippen LogP contribution in [-0.2, 0) is 10.0 Å². The smallest absolute Gasteiger partial charge is 0.199 e. The molecule has 0 saturated heterocycles. The molecule has 0 radical (unpaired) electrons. The van der Waals surface area contributed by atoms with Crippen LogP contribution in [0.25, 0.3) is 10.9 Å². The zero-order valence-electron chi connectivity index (χ0n) is 10.6. The molecule has 0 bridgehead atoms. The maximum Gasteiger partial charge on any atom is 0.283 e. The zero-order chi connectivity index (χ0) is 14.3. The molecule has 0 unspecified atom stereocenters. The third kappa shape index (κ3) is 2.14. The number of benzene rings is 2. The van der Waals surface area contributed by atoms with Gasteiger partial charge in [0, 0.05) is 9.86 Å². The number of hydrogen-bond acceptors (Lipinski definition) is 3. The Morgan fingerprint density at radius 2 is 1.80 bits per heavy atom. The molecule has 3 aromatic rings. The molecule has 20 heavy (non-hydrogen) atoms. The lowest BCUT2D eigenvalue weighted by Gasteiger charge is -2.06. The van der Waals surface area contributed by atoms with E-state index < -0.39 is 10.0 Å². The van der Waals surface area contributed by atoms with Crippen LogP contribution in [0.2, 0.25) is 0 Å². The van der Waals surface area contributed by atoms with Gasteiger partial charge in [-0.3, -0.25) is 0 Å². The van der Waals surface area contributed by atoms with Gasteiger partial charge in [-0.15, -0.1) is 0 Å². The maximum absolute atomic E-state index is 12.6. The molecular formula is C14H11BrN2O2S. The molecule has 1 aromatic heterocycles. The predicted molar refractivity (Wildman–Crippen MR) is 81.2 cm³/mol. The summed E-state index contributed by atoms with van der Waals surface area (Å²) in [4.78, 5) is 0.232. The second-order valence-electron chi connectivity index (χ2n) is 4.51. The van der Waals surface area contributed by atoms with Crippen molar-refractivity contribution < 1.29 is 8.42 Å². The SMILES string of the molecule is Cc1ccc(S(=O)(=O)n2ncc3cc(Br)ccc32)cc1. The number of nitrogens with zero attached hydrogens (tertiary/aromatic N) is 2. The molecule has 0 amide bonds. The summed E-state index contributed by atoms with van der Waals surface area (Å²) in [6.45, 7) is 1.91. The highest BCUT2D eigenvalue weighted by molar-refractivity contribution is 9.10. The molecule has 6 heteroatoms. The molecule has 0 N–H and O–H groups in total. The Bertz CT molecular complexity index is 883. The first-order chi connectivity index (χ1) is 9.48. The van der Waals surface area contributed by atoms with Gasteiger partial charge in [0.1, 0.15) is 0 Å². The fourth-order valence-corrected chi connectivity index (χ4v) is 3.64. The van der Waals surface area contributed by atoms with Crippen molar-refractivity contribution in [3.8, 4) is 0 Å². The summed E-state index contributed by atoms with van der Waals surface area (Å²) in [7, 11) is -3.66. The number of fused-ring (bicyclic) bond motifs is 1. The van der Waals surface area contributed by atoms with E-state index in [1.807, 2.05) is 13.0 Å². The normalized spacial score (nSPS) is 11.9. The first-order valence-corrected chi connectivity index (χ1v) is 8.17. The number of hydrogen-bond donors (Lipinski definition) is 0. The Balaban J connectivity index is 2.21. The van der Waals surface area contributed by atoms with Crippen LogP contribution in [0.4, 0.5) is 0 Å². The van der Waals surface area contributed by atoms with Crippen molar-refractivity contribution in [2.24, 2.45) is 0 Å². The molecule has 0 aliphatic carbocycles. The van der Waals surface area contributed by atoms with Crippen molar-refractivity contribution in [3.05, 3.63) is 58.7 Å². The van der Waals surface area contributed by atoms with Gasteiger partial charge in [-0.25, -0.2) is 0 Å². The Morgan fingerprint density at radius 1 is 1.10 bits per heavy atom. The van der Waals surface area contributed by atoms with E-state index in [1.54, 1.807) is 42.6 Å². The van der Waals surface area contributed by atoms with Crippen LogP contribution in [-0.4, -0.2) is 17.6 Å². The van der Waals surface area contributed by atoms with Crippen molar-refractivity contribution in [1.29, 1.82) is 0 Å². The largest absolute Gasteiger partial charge is 0.283 e. The van der Waals surface area contributed by atoms with Crippen LogP contribution in [0.5, 0.6) is 0 Å². The van der Waals surface area contributed by atoms with Gasteiger partial charge in [0.05, 0.1) is 16.6 Å². The quantitative estimate of drug-likeness (QED) is 0.712. The Labute approximate surface area is 125 Å². The van der Waals surface area contributed by atoms with E-state index in [1.165, 1.54) is 0 Å². The second-order valence-corrected chi connectivity index (χ2v) is 7.19. The summed E-state index contributed by atoms with van der Waals surface area (Å²) < 4.78 is 27.1. The lowest BCUT2D eigenvalue weighted by Crippen LogP contribution is -2.14. The minimum absolute atomic E-state index is 0.232. The maximum atomic E-state index is 12.6. The summed E-state index contributed by atoms with van der Waals surface area (Å²) in [5, 5.41) is 4.79. The highest BCUT2D eigenvalue weighted by atomic mass is 79.9. The highest BCUT2D eigenvalue weighted by Crippen LogP contribution is 2.23. The van der Waals surface area contributed by atoms with E-state index in [-0.39, 0.29) is 4.90 Å². The first-order valence-electron chi connectivity index (χ1n) is 5.94. The van der Waals surface area contributed by atoms with Crippen molar-refractivity contribution in [2.45, 2.75) is 11.8 Å². The van der Waals surface area contributed by atoms with Crippen molar-refractivity contribution in [1.82, 2.24) is 9.19 Å². The minimum atomic E-state index is -3.66. The number of aryl methyl sites for hydroxylation is 1. The summed E-state index contributed by atoms with van der Waals surface area (Å²) >= 11 is 3.36. The van der Waals surface area contributed by atoms with E-state index >= 15 is 0 Å². The van der Waals surface area contributed by atoms with Crippen molar-refractivity contribution in [2.75, 3.05) is 0 Å². The van der Waals surface area contributed by atoms with Crippen LogP contribution in [0.3, 0.4) is 0 Å². The summed E-state index contributed by atoms with van der Waals surface area (Å²) in [5.74, 6) is 0. The van der Waals surface area contributed by atoms with Gasteiger partial charge in [-0.05, 0) is 37.3 Å². The zero-order valence-corrected chi connectivity index (χ0v) is 13.0. The average Bonchev–Trinajstić information content (AvgIpc) is 2.82. The van der Waals surface area contributed by atoms with Gasteiger partial charge >= 0.3 is 0 Å². The predicted octanol–water partition coefficient (Wildman–Crippen LogP) is 3.34. The molecule has 1 heterocycles. The molecule has 0 saturated carbocycles. The van der Waals surface area contributed by atoms with Crippen LogP contribution in [0, 0.1) is 6.92 Å². The van der Waals surface area contributed by atoms with Gasteiger partial charge in [-0.2, -0.15) is 17.6 Å². The molecule has 3 rings (SSSR count). The third-order valence-corrected chi connectivity index (χ3v) is 5.15. The Morgan fingerprint density at radius 3 is 2.50 bits per heavy atom. The summed E-state index contributed by atoms with van der Waals surface area (Å²) in [6.07, 6.45) is 1.55.